The fraction of sp³-hybridized carbons (Fsp3) is 1.00. The van der Waals surface area contributed by atoms with Crippen LogP contribution in [0.3, 0.4) is 0 Å². The smallest absolute Gasteiger partial charge is 0.759 e. The standard InChI is InChI=1S/C12H26.2H2O4S.Zn/c1-3-5-7-9-11-12-10-8-6-4-2;2*1-5(2,3)4;/h3-12H2,1-2H3;2*(H2,1,2,3,4);/q;;;+2/p-4. The summed E-state index contributed by atoms with van der Waals surface area (Å²) in [6.45, 7) is 4.56. The molecule has 0 bridgehead atoms. The van der Waals surface area contributed by atoms with Gasteiger partial charge in [0.2, 0.25) is 0 Å². The first-order valence-corrected chi connectivity index (χ1v) is 9.91. The zero-order chi connectivity index (χ0) is 18.1. The third-order valence-corrected chi connectivity index (χ3v) is 2.46. The molecule has 11 heteroatoms. The van der Waals surface area contributed by atoms with Gasteiger partial charge in [0.05, 0.1) is 0 Å². The second kappa shape index (κ2) is 20.4. The predicted molar refractivity (Wildman–Crippen MR) is 78.5 cm³/mol. The maximum atomic E-state index is 8.52. The van der Waals surface area contributed by atoms with Crippen LogP contribution < -0.4 is 0 Å². The number of rotatable bonds is 9. The van der Waals surface area contributed by atoms with Crippen LogP contribution in [0.1, 0.15) is 78.1 Å². The molecule has 0 aliphatic carbocycles. The van der Waals surface area contributed by atoms with Crippen LogP contribution in [-0.2, 0) is 40.3 Å². The molecule has 0 radical (unpaired) electrons. The summed E-state index contributed by atoms with van der Waals surface area (Å²) in [5.74, 6) is 0. The Balaban J connectivity index is -0.000000137. The van der Waals surface area contributed by atoms with Gasteiger partial charge < -0.3 is 18.2 Å². The van der Waals surface area contributed by atoms with E-state index in [0.29, 0.717) is 0 Å². The summed E-state index contributed by atoms with van der Waals surface area (Å²) in [7, 11) is -10.3. The van der Waals surface area contributed by atoms with Gasteiger partial charge in [-0.25, -0.2) is 0 Å². The van der Waals surface area contributed by atoms with Crippen LogP contribution in [0.15, 0.2) is 0 Å². The maximum Gasteiger partial charge on any atom is 2.00 e. The molecule has 0 saturated heterocycles. The Hall–Kier alpha value is 0.363. The Kier molecular flexibility index (Phi) is 27.7. The SMILES string of the molecule is CCCCCCCCCCCC.O=S(=O)([O-])[O-].O=S(=O)([O-])[O-].[Zn+2]. The predicted octanol–water partition coefficient (Wildman–Crippen LogP) is 2.25. The second-order valence-electron chi connectivity index (χ2n) is 4.64. The fourth-order valence-corrected chi connectivity index (χ4v) is 1.56. The Bertz CT molecular complexity index is 353. The first-order chi connectivity index (χ1) is 9.91. The Labute approximate surface area is 153 Å². The van der Waals surface area contributed by atoms with Crippen molar-refractivity contribution in [3.8, 4) is 0 Å². The summed E-state index contributed by atoms with van der Waals surface area (Å²) in [6, 6.07) is 0. The Morgan fingerprint density at radius 2 is 0.652 bits per heavy atom. The summed E-state index contributed by atoms with van der Waals surface area (Å²) in [5.41, 5.74) is 0. The van der Waals surface area contributed by atoms with Gasteiger partial charge in [-0.05, 0) is 0 Å². The molecular formula is C12H26O8S2Zn-2. The molecule has 0 saturated carbocycles. The molecule has 0 spiro atoms. The van der Waals surface area contributed by atoms with Gasteiger partial charge >= 0.3 is 19.5 Å². The minimum Gasteiger partial charge on any atom is -0.759 e. The summed E-state index contributed by atoms with van der Waals surface area (Å²) < 4.78 is 68.2. The van der Waals surface area contributed by atoms with Crippen LogP contribution in [0.2, 0.25) is 0 Å². The van der Waals surface area contributed by atoms with Gasteiger partial charge in [0.1, 0.15) is 0 Å². The van der Waals surface area contributed by atoms with Crippen molar-refractivity contribution in [3.63, 3.8) is 0 Å². The van der Waals surface area contributed by atoms with Crippen molar-refractivity contribution >= 4 is 20.8 Å². The van der Waals surface area contributed by atoms with E-state index in [1.54, 1.807) is 0 Å². The van der Waals surface area contributed by atoms with Crippen LogP contribution in [0.5, 0.6) is 0 Å². The Morgan fingerprint density at radius 3 is 0.783 bits per heavy atom. The number of hydrogen-bond donors (Lipinski definition) is 0. The monoisotopic (exact) mass is 426 g/mol. The normalized spacial score (nSPS) is 10.5. The third-order valence-electron chi connectivity index (χ3n) is 2.46. The number of hydrogen-bond acceptors (Lipinski definition) is 8. The first kappa shape index (κ1) is 31.2. The van der Waals surface area contributed by atoms with Crippen molar-refractivity contribution in [1.29, 1.82) is 0 Å². The first-order valence-electron chi connectivity index (χ1n) is 7.25. The molecular weight excluding hydrogens is 402 g/mol. The average Bonchev–Trinajstić information content (AvgIpc) is 2.28. The van der Waals surface area contributed by atoms with E-state index in [4.69, 9.17) is 35.0 Å². The molecule has 0 aromatic rings. The van der Waals surface area contributed by atoms with Crippen molar-refractivity contribution in [2.24, 2.45) is 0 Å². The van der Waals surface area contributed by atoms with E-state index in [9.17, 15) is 0 Å². The van der Waals surface area contributed by atoms with Crippen LogP contribution in [-0.4, -0.2) is 35.0 Å². The van der Waals surface area contributed by atoms with Gasteiger partial charge in [0.25, 0.3) is 0 Å². The molecule has 0 unspecified atom stereocenters. The van der Waals surface area contributed by atoms with E-state index in [1.807, 2.05) is 0 Å². The molecule has 138 valence electrons. The molecule has 23 heavy (non-hydrogen) atoms. The van der Waals surface area contributed by atoms with E-state index in [2.05, 4.69) is 13.8 Å². The van der Waals surface area contributed by atoms with E-state index in [1.165, 1.54) is 64.2 Å². The fourth-order valence-electron chi connectivity index (χ4n) is 1.56. The van der Waals surface area contributed by atoms with Crippen molar-refractivity contribution < 1.29 is 54.5 Å². The molecule has 8 nitrogen and oxygen atoms in total. The largest absolute Gasteiger partial charge is 2.00 e. The molecule has 0 fully saturated rings. The Morgan fingerprint density at radius 1 is 0.522 bits per heavy atom. The second-order valence-corrected chi connectivity index (χ2v) is 6.28. The van der Waals surface area contributed by atoms with Gasteiger partial charge in [0.15, 0.2) is 0 Å². The van der Waals surface area contributed by atoms with Crippen molar-refractivity contribution in [1.82, 2.24) is 0 Å². The van der Waals surface area contributed by atoms with Crippen LogP contribution >= 0.6 is 0 Å². The molecule has 0 aliphatic rings. The van der Waals surface area contributed by atoms with Crippen LogP contribution in [0, 0.1) is 0 Å². The van der Waals surface area contributed by atoms with Gasteiger partial charge in [-0.3, -0.25) is 16.8 Å². The summed E-state index contributed by atoms with van der Waals surface area (Å²) >= 11 is 0. The minimum absolute atomic E-state index is 0. The molecule has 0 atom stereocenters. The van der Waals surface area contributed by atoms with E-state index in [-0.39, 0.29) is 19.5 Å². The molecule has 0 aromatic heterocycles. The summed E-state index contributed by atoms with van der Waals surface area (Å²) in [5, 5.41) is 0. The van der Waals surface area contributed by atoms with E-state index < -0.39 is 20.8 Å². The maximum absolute atomic E-state index is 8.52. The van der Waals surface area contributed by atoms with E-state index >= 15 is 0 Å². The molecule has 0 amide bonds. The van der Waals surface area contributed by atoms with Crippen LogP contribution in [0.4, 0.5) is 0 Å². The number of unbranched alkanes of at least 4 members (excludes halogenated alkanes) is 9. The van der Waals surface area contributed by atoms with E-state index in [0.717, 1.165) is 0 Å². The third kappa shape index (κ3) is 106. The van der Waals surface area contributed by atoms with Gasteiger partial charge in [0, 0.05) is 20.8 Å². The topological polar surface area (TPSA) is 161 Å². The minimum atomic E-state index is -5.17. The van der Waals surface area contributed by atoms with Crippen molar-refractivity contribution in [3.05, 3.63) is 0 Å². The molecule has 0 aromatic carbocycles. The average molecular weight is 428 g/mol. The van der Waals surface area contributed by atoms with Gasteiger partial charge in [-0.1, -0.05) is 78.1 Å². The summed E-state index contributed by atoms with van der Waals surface area (Å²) in [4.78, 5) is 0. The zero-order valence-corrected chi connectivity index (χ0v) is 18.5. The zero-order valence-electron chi connectivity index (χ0n) is 13.9. The van der Waals surface area contributed by atoms with Crippen molar-refractivity contribution in [2.75, 3.05) is 0 Å². The van der Waals surface area contributed by atoms with Crippen LogP contribution in [0.25, 0.3) is 0 Å². The molecule has 0 N–H and O–H groups in total. The van der Waals surface area contributed by atoms with Crippen molar-refractivity contribution in [2.45, 2.75) is 78.1 Å². The van der Waals surface area contributed by atoms with Gasteiger partial charge in [-0.15, -0.1) is 0 Å². The molecule has 0 heterocycles. The molecule has 0 aliphatic heterocycles. The molecule has 0 rings (SSSR count). The van der Waals surface area contributed by atoms with Gasteiger partial charge in [-0.2, -0.15) is 0 Å². The summed E-state index contributed by atoms with van der Waals surface area (Å²) in [6.07, 6.45) is 14.4. The quantitative estimate of drug-likeness (QED) is 0.234.